The van der Waals surface area contributed by atoms with Gasteiger partial charge in [-0.25, -0.2) is 0 Å². The van der Waals surface area contributed by atoms with Gasteiger partial charge in [0, 0.05) is 36.9 Å². The lowest BCUT2D eigenvalue weighted by atomic mass is 10.1. The smallest absolute Gasteiger partial charge is 0.0641 e. The van der Waals surface area contributed by atoms with Crippen molar-refractivity contribution >= 4 is 0 Å². The van der Waals surface area contributed by atoms with Crippen LogP contribution in [-0.2, 0) is 13.1 Å². The van der Waals surface area contributed by atoms with Crippen LogP contribution in [0.15, 0.2) is 0 Å². The first-order valence-corrected chi connectivity index (χ1v) is 7.06. The maximum atomic E-state index is 4.59. The molecule has 0 aliphatic carbocycles. The first-order valence-electron chi connectivity index (χ1n) is 7.06. The van der Waals surface area contributed by atoms with Gasteiger partial charge in [-0.3, -0.25) is 4.68 Å². The van der Waals surface area contributed by atoms with Crippen molar-refractivity contribution in [3.8, 4) is 0 Å². The van der Waals surface area contributed by atoms with E-state index in [9.17, 15) is 0 Å². The van der Waals surface area contributed by atoms with Crippen molar-refractivity contribution in [2.24, 2.45) is 0 Å². The molecule has 1 saturated heterocycles. The van der Waals surface area contributed by atoms with Crippen molar-refractivity contribution in [3.05, 3.63) is 17.0 Å². The minimum absolute atomic E-state index is 0.678. The summed E-state index contributed by atoms with van der Waals surface area (Å²) in [6, 6.07) is 0.678. The Balaban J connectivity index is 1.97. The summed E-state index contributed by atoms with van der Waals surface area (Å²) in [5.41, 5.74) is 3.90. The number of likely N-dealkylation sites (N-methyl/N-ethyl adjacent to an activating group) is 1. The van der Waals surface area contributed by atoms with Gasteiger partial charge in [0.1, 0.15) is 0 Å². The third kappa shape index (κ3) is 2.93. The van der Waals surface area contributed by atoms with Crippen LogP contribution < -0.4 is 5.32 Å². The van der Waals surface area contributed by atoms with Gasteiger partial charge in [0.2, 0.25) is 0 Å². The molecule has 2 rings (SSSR count). The molecule has 18 heavy (non-hydrogen) atoms. The molecular weight excluding hydrogens is 224 g/mol. The Hall–Kier alpha value is -0.870. The SMILES string of the molecule is CCn1nc(C)c(CN(C)CC2CCCN2)c1C. The minimum atomic E-state index is 0.678. The number of aryl methyl sites for hydroxylation is 2. The van der Waals surface area contributed by atoms with E-state index in [1.165, 1.54) is 36.3 Å². The van der Waals surface area contributed by atoms with Gasteiger partial charge in [-0.05, 0) is 47.2 Å². The normalized spacial score (nSPS) is 19.9. The van der Waals surface area contributed by atoms with Crippen LogP contribution in [-0.4, -0.2) is 40.9 Å². The lowest BCUT2D eigenvalue weighted by molar-refractivity contribution is 0.292. The molecule has 0 spiro atoms. The second kappa shape index (κ2) is 5.85. The number of nitrogens with zero attached hydrogens (tertiary/aromatic N) is 3. The molecule has 0 bridgehead atoms. The molecule has 1 aromatic rings. The van der Waals surface area contributed by atoms with Gasteiger partial charge in [0.25, 0.3) is 0 Å². The van der Waals surface area contributed by atoms with Crippen LogP contribution in [0.3, 0.4) is 0 Å². The van der Waals surface area contributed by atoms with Gasteiger partial charge >= 0.3 is 0 Å². The Morgan fingerprint density at radius 3 is 2.78 bits per heavy atom. The van der Waals surface area contributed by atoms with E-state index >= 15 is 0 Å². The summed E-state index contributed by atoms with van der Waals surface area (Å²) < 4.78 is 2.10. The molecule has 1 atom stereocenters. The average molecular weight is 250 g/mol. The van der Waals surface area contributed by atoms with E-state index in [-0.39, 0.29) is 0 Å². The molecule has 0 saturated carbocycles. The minimum Gasteiger partial charge on any atom is -0.313 e. The fourth-order valence-corrected chi connectivity index (χ4v) is 2.89. The Labute approximate surface area is 110 Å². The Kier molecular flexibility index (Phi) is 4.40. The molecule has 0 radical (unpaired) electrons. The molecule has 0 aromatic carbocycles. The second-order valence-corrected chi connectivity index (χ2v) is 5.46. The highest BCUT2D eigenvalue weighted by Crippen LogP contribution is 2.16. The van der Waals surface area contributed by atoms with Crippen LogP contribution in [0, 0.1) is 13.8 Å². The van der Waals surface area contributed by atoms with Crippen LogP contribution in [0.1, 0.15) is 36.7 Å². The Morgan fingerprint density at radius 1 is 1.44 bits per heavy atom. The summed E-state index contributed by atoms with van der Waals surface area (Å²) in [5, 5.41) is 8.14. The van der Waals surface area contributed by atoms with Crippen LogP contribution >= 0.6 is 0 Å². The van der Waals surface area contributed by atoms with Gasteiger partial charge in [0.15, 0.2) is 0 Å². The topological polar surface area (TPSA) is 33.1 Å². The maximum absolute atomic E-state index is 4.59. The third-order valence-corrected chi connectivity index (χ3v) is 3.95. The van der Waals surface area contributed by atoms with E-state index in [0.717, 1.165) is 19.6 Å². The quantitative estimate of drug-likeness (QED) is 0.863. The predicted octanol–water partition coefficient (Wildman–Crippen LogP) is 1.70. The molecule has 1 aliphatic rings. The number of nitrogens with one attached hydrogen (secondary N) is 1. The number of hydrogen-bond acceptors (Lipinski definition) is 3. The van der Waals surface area contributed by atoms with E-state index in [1.807, 2.05) is 0 Å². The standard InChI is InChI=1S/C14H26N4/c1-5-18-12(3)14(11(2)16-18)10-17(4)9-13-7-6-8-15-13/h13,15H,5-10H2,1-4H3. The predicted molar refractivity (Wildman–Crippen MR) is 74.7 cm³/mol. The Bertz CT molecular complexity index is 391. The lowest BCUT2D eigenvalue weighted by Crippen LogP contribution is -2.35. The molecule has 102 valence electrons. The number of hydrogen-bond donors (Lipinski definition) is 1. The zero-order valence-corrected chi connectivity index (χ0v) is 12.2. The van der Waals surface area contributed by atoms with E-state index < -0.39 is 0 Å². The van der Waals surface area contributed by atoms with Crippen molar-refractivity contribution in [3.63, 3.8) is 0 Å². The van der Waals surface area contributed by atoms with Crippen molar-refractivity contribution in [1.82, 2.24) is 20.0 Å². The van der Waals surface area contributed by atoms with Gasteiger partial charge in [0.05, 0.1) is 5.69 Å². The molecule has 1 aliphatic heterocycles. The zero-order chi connectivity index (χ0) is 13.1. The molecular formula is C14H26N4. The monoisotopic (exact) mass is 250 g/mol. The molecule has 1 N–H and O–H groups in total. The highest BCUT2D eigenvalue weighted by atomic mass is 15.3. The summed E-state index contributed by atoms with van der Waals surface area (Å²) in [5.74, 6) is 0. The zero-order valence-electron chi connectivity index (χ0n) is 12.2. The molecule has 1 fully saturated rings. The lowest BCUT2D eigenvalue weighted by Gasteiger charge is -2.21. The van der Waals surface area contributed by atoms with Crippen molar-refractivity contribution in [2.75, 3.05) is 20.1 Å². The third-order valence-electron chi connectivity index (χ3n) is 3.95. The van der Waals surface area contributed by atoms with Gasteiger partial charge in [-0.1, -0.05) is 0 Å². The number of aromatic nitrogens is 2. The molecule has 2 heterocycles. The highest BCUT2D eigenvalue weighted by molar-refractivity contribution is 5.24. The van der Waals surface area contributed by atoms with Crippen molar-refractivity contribution in [1.29, 1.82) is 0 Å². The summed E-state index contributed by atoms with van der Waals surface area (Å²) in [7, 11) is 2.21. The molecule has 4 nitrogen and oxygen atoms in total. The summed E-state index contributed by atoms with van der Waals surface area (Å²) in [6.45, 7) is 10.7. The molecule has 1 aromatic heterocycles. The first-order chi connectivity index (χ1) is 8.61. The summed E-state index contributed by atoms with van der Waals surface area (Å²) in [4.78, 5) is 2.42. The van der Waals surface area contributed by atoms with Crippen molar-refractivity contribution in [2.45, 2.75) is 52.7 Å². The van der Waals surface area contributed by atoms with E-state index in [2.05, 4.69) is 47.8 Å². The van der Waals surface area contributed by atoms with Crippen LogP contribution in [0.4, 0.5) is 0 Å². The van der Waals surface area contributed by atoms with Crippen LogP contribution in [0.25, 0.3) is 0 Å². The summed E-state index contributed by atoms with van der Waals surface area (Å²) >= 11 is 0. The fourth-order valence-electron chi connectivity index (χ4n) is 2.89. The van der Waals surface area contributed by atoms with E-state index in [1.54, 1.807) is 0 Å². The van der Waals surface area contributed by atoms with E-state index in [0.29, 0.717) is 6.04 Å². The summed E-state index contributed by atoms with van der Waals surface area (Å²) in [6.07, 6.45) is 2.64. The van der Waals surface area contributed by atoms with Gasteiger partial charge in [-0.2, -0.15) is 5.10 Å². The number of rotatable bonds is 5. The molecule has 0 amide bonds. The Morgan fingerprint density at radius 2 is 2.22 bits per heavy atom. The van der Waals surface area contributed by atoms with Crippen LogP contribution in [0.5, 0.6) is 0 Å². The van der Waals surface area contributed by atoms with Crippen LogP contribution in [0.2, 0.25) is 0 Å². The fraction of sp³-hybridized carbons (Fsp3) is 0.786. The maximum Gasteiger partial charge on any atom is 0.0641 e. The van der Waals surface area contributed by atoms with Gasteiger partial charge in [-0.15, -0.1) is 0 Å². The highest BCUT2D eigenvalue weighted by Gasteiger charge is 2.18. The largest absolute Gasteiger partial charge is 0.313 e. The second-order valence-electron chi connectivity index (χ2n) is 5.46. The molecule has 4 heteroatoms. The molecule has 1 unspecified atom stereocenters. The average Bonchev–Trinajstić information content (AvgIpc) is 2.92. The first kappa shape index (κ1) is 13.6. The van der Waals surface area contributed by atoms with Crippen molar-refractivity contribution < 1.29 is 0 Å². The van der Waals surface area contributed by atoms with Gasteiger partial charge < -0.3 is 10.2 Å². The van der Waals surface area contributed by atoms with E-state index in [4.69, 9.17) is 0 Å².